The summed E-state index contributed by atoms with van der Waals surface area (Å²) >= 11 is 0. The van der Waals surface area contributed by atoms with Crippen molar-refractivity contribution in [1.29, 1.82) is 0 Å². The van der Waals surface area contributed by atoms with Gasteiger partial charge in [-0.2, -0.15) is 0 Å². The highest BCUT2D eigenvalue weighted by Gasteiger charge is 2.25. The third kappa shape index (κ3) is 2.71. The molecule has 0 aromatic rings. The maximum atomic E-state index is 3.60. The lowest BCUT2D eigenvalue weighted by molar-refractivity contribution is 0.193. The van der Waals surface area contributed by atoms with Gasteiger partial charge in [-0.15, -0.1) is 0 Å². The quantitative estimate of drug-likeness (QED) is 0.723. The van der Waals surface area contributed by atoms with Crippen LogP contribution in [0.25, 0.3) is 0 Å². The van der Waals surface area contributed by atoms with E-state index in [4.69, 9.17) is 0 Å². The number of nitrogens with zero attached hydrogens (tertiary/aromatic N) is 1. The second-order valence-corrected chi connectivity index (χ2v) is 5.10. The molecular formula is C12H24N2. The Bertz CT molecular complexity index is 177. The second-order valence-electron chi connectivity index (χ2n) is 5.10. The van der Waals surface area contributed by atoms with Crippen LogP contribution in [0.1, 0.15) is 46.0 Å². The largest absolute Gasteiger partial charge is 0.314 e. The normalized spacial score (nSPS) is 30.9. The number of likely N-dealkylation sites (tertiary alicyclic amines) is 1. The molecule has 0 spiro atoms. The summed E-state index contributed by atoms with van der Waals surface area (Å²) in [6, 6.07) is 2.47. The third-order valence-corrected chi connectivity index (χ3v) is 3.74. The van der Waals surface area contributed by atoms with Gasteiger partial charge in [0, 0.05) is 18.1 Å². The van der Waals surface area contributed by atoms with E-state index < -0.39 is 0 Å². The van der Waals surface area contributed by atoms with Gasteiger partial charge in [0.2, 0.25) is 0 Å². The fraction of sp³-hybridized carbons (Fsp3) is 1.00. The molecule has 1 N–H and O–H groups in total. The first-order valence-corrected chi connectivity index (χ1v) is 6.26. The average Bonchev–Trinajstić information content (AvgIpc) is 2.87. The van der Waals surface area contributed by atoms with E-state index in [1.54, 1.807) is 0 Å². The van der Waals surface area contributed by atoms with Crippen molar-refractivity contribution in [2.24, 2.45) is 0 Å². The summed E-state index contributed by atoms with van der Waals surface area (Å²) < 4.78 is 0. The SMILES string of the molecule is CC1CCCN1C(C)CCNC1CC1. The molecule has 0 radical (unpaired) electrons. The fourth-order valence-corrected chi connectivity index (χ4v) is 2.56. The van der Waals surface area contributed by atoms with Crippen LogP contribution in [0, 0.1) is 0 Å². The van der Waals surface area contributed by atoms with E-state index in [2.05, 4.69) is 24.1 Å². The molecule has 0 aromatic carbocycles. The van der Waals surface area contributed by atoms with E-state index in [1.807, 2.05) is 0 Å². The minimum atomic E-state index is 0.777. The van der Waals surface area contributed by atoms with E-state index >= 15 is 0 Å². The number of rotatable bonds is 5. The van der Waals surface area contributed by atoms with Crippen LogP contribution in [0.15, 0.2) is 0 Å². The van der Waals surface area contributed by atoms with E-state index in [1.165, 1.54) is 45.2 Å². The van der Waals surface area contributed by atoms with Crippen molar-refractivity contribution >= 4 is 0 Å². The predicted molar refractivity (Wildman–Crippen MR) is 60.5 cm³/mol. The van der Waals surface area contributed by atoms with Gasteiger partial charge in [0.15, 0.2) is 0 Å². The Hall–Kier alpha value is -0.0800. The van der Waals surface area contributed by atoms with Crippen molar-refractivity contribution in [3.05, 3.63) is 0 Å². The van der Waals surface area contributed by atoms with E-state index in [0.717, 1.165) is 18.1 Å². The van der Waals surface area contributed by atoms with E-state index in [-0.39, 0.29) is 0 Å². The molecule has 0 amide bonds. The first-order chi connectivity index (χ1) is 6.77. The molecule has 1 saturated carbocycles. The molecule has 2 atom stereocenters. The lowest BCUT2D eigenvalue weighted by Crippen LogP contribution is -2.37. The zero-order valence-corrected chi connectivity index (χ0v) is 9.63. The zero-order valence-electron chi connectivity index (χ0n) is 9.63. The van der Waals surface area contributed by atoms with Crippen molar-refractivity contribution in [2.45, 2.75) is 64.1 Å². The van der Waals surface area contributed by atoms with Crippen LogP contribution >= 0.6 is 0 Å². The lowest BCUT2D eigenvalue weighted by Gasteiger charge is -2.28. The second kappa shape index (κ2) is 4.63. The highest BCUT2D eigenvalue weighted by atomic mass is 15.2. The van der Waals surface area contributed by atoms with E-state index in [0.29, 0.717) is 0 Å². The molecule has 0 bridgehead atoms. The first kappa shape index (κ1) is 10.4. The minimum absolute atomic E-state index is 0.777. The summed E-state index contributed by atoms with van der Waals surface area (Å²) in [5.41, 5.74) is 0. The van der Waals surface area contributed by atoms with Gasteiger partial charge in [0.05, 0.1) is 0 Å². The van der Waals surface area contributed by atoms with Crippen LogP contribution in [0.5, 0.6) is 0 Å². The average molecular weight is 196 g/mol. The van der Waals surface area contributed by atoms with Gasteiger partial charge in [-0.1, -0.05) is 0 Å². The molecule has 1 aliphatic heterocycles. The summed E-state index contributed by atoms with van der Waals surface area (Å²) in [6.45, 7) is 7.30. The van der Waals surface area contributed by atoms with Crippen LogP contribution in [0.2, 0.25) is 0 Å². The monoisotopic (exact) mass is 196 g/mol. The number of nitrogens with one attached hydrogen (secondary N) is 1. The summed E-state index contributed by atoms with van der Waals surface area (Å²) in [5.74, 6) is 0. The molecule has 2 heteroatoms. The highest BCUT2D eigenvalue weighted by molar-refractivity contribution is 4.83. The van der Waals surface area contributed by atoms with Gasteiger partial charge in [-0.05, 0) is 59.0 Å². The van der Waals surface area contributed by atoms with Crippen LogP contribution in [-0.4, -0.2) is 36.1 Å². The first-order valence-electron chi connectivity index (χ1n) is 6.26. The predicted octanol–water partition coefficient (Wildman–Crippen LogP) is 2.00. The van der Waals surface area contributed by atoms with E-state index in [9.17, 15) is 0 Å². The Morgan fingerprint density at radius 3 is 2.71 bits per heavy atom. The standard InChI is InChI=1S/C12H24N2/c1-10-4-3-9-14(10)11(2)7-8-13-12-5-6-12/h10-13H,3-9H2,1-2H3. The van der Waals surface area contributed by atoms with Gasteiger partial charge in [-0.3, -0.25) is 4.90 Å². The molecule has 82 valence electrons. The smallest absolute Gasteiger partial charge is 0.00818 e. The van der Waals surface area contributed by atoms with Crippen LogP contribution in [-0.2, 0) is 0 Å². The van der Waals surface area contributed by atoms with Crippen LogP contribution in [0.4, 0.5) is 0 Å². The summed E-state index contributed by atoms with van der Waals surface area (Å²) in [7, 11) is 0. The maximum Gasteiger partial charge on any atom is 0.00818 e. The molecule has 2 fully saturated rings. The van der Waals surface area contributed by atoms with Gasteiger partial charge >= 0.3 is 0 Å². The molecule has 1 aliphatic carbocycles. The molecule has 2 nitrogen and oxygen atoms in total. The molecule has 1 heterocycles. The summed E-state index contributed by atoms with van der Waals surface area (Å²) in [6.07, 6.45) is 6.95. The highest BCUT2D eigenvalue weighted by Crippen LogP contribution is 2.21. The Balaban J connectivity index is 1.63. The topological polar surface area (TPSA) is 15.3 Å². The molecule has 2 unspecified atom stereocenters. The van der Waals surface area contributed by atoms with Crippen molar-refractivity contribution in [2.75, 3.05) is 13.1 Å². The summed E-state index contributed by atoms with van der Waals surface area (Å²) in [5, 5.41) is 3.60. The Labute approximate surface area is 88.1 Å². The lowest BCUT2D eigenvalue weighted by atomic mass is 10.1. The minimum Gasteiger partial charge on any atom is -0.314 e. The molecular weight excluding hydrogens is 172 g/mol. The molecule has 14 heavy (non-hydrogen) atoms. The van der Waals surface area contributed by atoms with Crippen molar-refractivity contribution in [3.63, 3.8) is 0 Å². The van der Waals surface area contributed by atoms with Crippen molar-refractivity contribution in [3.8, 4) is 0 Å². The Kier molecular flexibility index (Phi) is 3.45. The van der Waals surface area contributed by atoms with Gasteiger partial charge in [-0.25, -0.2) is 0 Å². The van der Waals surface area contributed by atoms with Gasteiger partial charge in [0.25, 0.3) is 0 Å². The molecule has 2 rings (SSSR count). The third-order valence-electron chi connectivity index (χ3n) is 3.74. The van der Waals surface area contributed by atoms with Gasteiger partial charge < -0.3 is 5.32 Å². The fourth-order valence-electron chi connectivity index (χ4n) is 2.56. The van der Waals surface area contributed by atoms with Gasteiger partial charge in [0.1, 0.15) is 0 Å². The Morgan fingerprint density at radius 1 is 1.36 bits per heavy atom. The number of hydrogen-bond acceptors (Lipinski definition) is 2. The molecule has 0 aromatic heterocycles. The molecule has 1 saturated heterocycles. The van der Waals surface area contributed by atoms with Crippen molar-refractivity contribution < 1.29 is 0 Å². The zero-order chi connectivity index (χ0) is 9.97. The van der Waals surface area contributed by atoms with Crippen LogP contribution in [0.3, 0.4) is 0 Å². The molecule has 2 aliphatic rings. The van der Waals surface area contributed by atoms with Crippen LogP contribution < -0.4 is 5.32 Å². The van der Waals surface area contributed by atoms with Crippen molar-refractivity contribution in [1.82, 2.24) is 10.2 Å². The Morgan fingerprint density at radius 2 is 2.14 bits per heavy atom. The maximum absolute atomic E-state index is 3.60. The number of hydrogen-bond donors (Lipinski definition) is 1. The summed E-state index contributed by atoms with van der Waals surface area (Å²) in [4.78, 5) is 2.68.